The molecule has 5 N–H and O–H groups in total. The third-order valence-corrected chi connectivity index (χ3v) is 4.24. The zero-order valence-corrected chi connectivity index (χ0v) is 16.0. The molecular weight excluding hydrogens is 376 g/mol. The molecule has 9 nitrogen and oxygen atoms in total. The Balaban J connectivity index is 1.91. The summed E-state index contributed by atoms with van der Waals surface area (Å²) in [5.74, 6) is 9.96. The molecule has 1 fully saturated rings. The van der Waals surface area contributed by atoms with E-state index in [-0.39, 0.29) is 17.5 Å². The fourth-order valence-electron chi connectivity index (χ4n) is 2.54. The lowest BCUT2D eigenvalue weighted by atomic mass is 10.0. The van der Waals surface area contributed by atoms with Gasteiger partial charge in [0, 0.05) is 31.3 Å². The molecule has 0 radical (unpaired) electrons. The number of hydroxylamine groups is 1. The number of carbonyl (C=O) groups is 3. The van der Waals surface area contributed by atoms with Crippen LogP contribution in [-0.4, -0.2) is 65.3 Å². The molecule has 4 amide bonds. The normalized spacial score (nSPS) is 14.7. The van der Waals surface area contributed by atoms with Crippen molar-refractivity contribution in [1.29, 1.82) is 0 Å². The van der Waals surface area contributed by atoms with E-state index in [2.05, 4.69) is 34.3 Å². The molecular formula is C20H22N4O5. The van der Waals surface area contributed by atoms with Crippen LogP contribution in [0.2, 0.25) is 0 Å². The van der Waals surface area contributed by atoms with E-state index in [0.29, 0.717) is 18.7 Å². The minimum Gasteiger partial charge on any atom is -0.391 e. The largest absolute Gasteiger partial charge is 0.391 e. The van der Waals surface area contributed by atoms with E-state index in [0.717, 1.165) is 0 Å². The number of nitrogens with one attached hydrogen (secondary N) is 3. The molecule has 2 atom stereocenters. The van der Waals surface area contributed by atoms with Crippen molar-refractivity contribution in [2.75, 3.05) is 20.1 Å². The number of aliphatic hydroxyl groups is 1. The second-order valence-corrected chi connectivity index (χ2v) is 6.42. The number of likely N-dealkylation sites (tertiary alicyclic amines) is 1. The van der Waals surface area contributed by atoms with Gasteiger partial charge in [-0.05, 0) is 43.0 Å². The molecule has 1 aromatic rings. The summed E-state index contributed by atoms with van der Waals surface area (Å²) in [5.41, 5.74) is 2.32. The van der Waals surface area contributed by atoms with Gasteiger partial charge in [-0.3, -0.25) is 14.8 Å². The summed E-state index contributed by atoms with van der Waals surface area (Å²) in [5, 5.41) is 23.1. The fraction of sp³-hybridized carbons (Fsp3) is 0.350. The molecule has 0 aliphatic carbocycles. The predicted molar refractivity (Wildman–Crippen MR) is 103 cm³/mol. The summed E-state index contributed by atoms with van der Waals surface area (Å²) in [7, 11) is 1.58. The van der Waals surface area contributed by atoms with Crippen molar-refractivity contribution in [3.63, 3.8) is 0 Å². The molecule has 29 heavy (non-hydrogen) atoms. The van der Waals surface area contributed by atoms with E-state index in [4.69, 9.17) is 5.21 Å². The maximum Gasteiger partial charge on any atom is 0.317 e. The predicted octanol–water partition coefficient (Wildman–Crippen LogP) is -0.703. The van der Waals surface area contributed by atoms with Crippen LogP contribution in [0.4, 0.5) is 4.79 Å². The molecule has 0 bridgehead atoms. The van der Waals surface area contributed by atoms with E-state index in [1.165, 1.54) is 24.5 Å². The van der Waals surface area contributed by atoms with Crippen LogP contribution in [0, 0.1) is 29.6 Å². The van der Waals surface area contributed by atoms with Gasteiger partial charge in [-0.2, -0.15) is 0 Å². The molecule has 0 aromatic heterocycles. The van der Waals surface area contributed by atoms with Gasteiger partial charge in [-0.1, -0.05) is 11.8 Å². The van der Waals surface area contributed by atoms with Gasteiger partial charge in [0.05, 0.1) is 12.0 Å². The van der Waals surface area contributed by atoms with Crippen molar-refractivity contribution < 1.29 is 24.7 Å². The number of aliphatic hydroxyl groups excluding tert-OH is 1. The van der Waals surface area contributed by atoms with Crippen molar-refractivity contribution in [3.05, 3.63) is 35.4 Å². The minimum absolute atomic E-state index is 0.116. The first kappa shape index (κ1) is 21.8. The third kappa shape index (κ3) is 5.98. The number of carbonyl (C=O) groups excluding carboxylic acids is 3. The molecule has 9 heteroatoms. The van der Waals surface area contributed by atoms with Gasteiger partial charge in [0.15, 0.2) is 0 Å². The number of benzene rings is 1. The van der Waals surface area contributed by atoms with Gasteiger partial charge in [-0.15, -0.1) is 0 Å². The second-order valence-electron chi connectivity index (χ2n) is 6.42. The molecule has 1 aromatic carbocycles. The van der Waals surface area contributed by atoms with E-state index in [1.54, 1.807) is 24.1 Å². The molecule has 1 heterocycles. The lowest BCUT2D eigenvalue weighted by molar-refractivity contribution is -0.133. The summed E-state index contributed by atoms with van der Waals surface area (Å²) in [6, 6.07) is 4.90. The highest BCUT2D eigenvalue weighted by Crippen LogP contribution is 2.13. The zero-order valence-electron chi connectivity index (χ0n) is 16.0. The van der Waals surface area contributed by atoms with Crippen LogP contribution in [-0.2, 0) is 4.79 Å². The number of rotatable bonds is 4. The molecule has 0 saturated carbocycles. The average Bonchev–Trinajstić information content (AvgIpc) is 2.69. The SMILES string of the molecule is CNC(=O)N1CC(C#CC#Cc2ccc(C(=O)N[C@H](C(=O)NO)[C@@H](C)O)cc2)C1. The standard InChI is InChI=1S/C20H22N4O5/c1-13(25)17(19(27)23-29)22-18(26)16-9-7-14(8-10-16)5-3-4-6-15-11-24(12-15)20(28)21-2/h7-10,13,15,17,25,29H,11-12H2,1-2H3,(H,21,28)(H,22,26)(H,23,27)/t13-,17+/m1/s1. The Labute approximate surface area is 168 Å². The summed E-state index contributed by atoms with van der Waals surface area (Å²) >= 11 is 0. The number of nitrogens with zero attached hydrogens (tertiary/aromatic N) is 1. The second kappa shape index (κ2) is 10.1. The number of urea groups is 1. The monoisotopic (exact) mass is 398 g/mol. The molecule has 1 saturated heterocycles. The highest BCUT2D eigenvalue weighted by Gasteiger charge is 2.28. The lowest BCUT2D eigenvalue weighted by Gasteiger charge is -2.35. The summed E-state index contributed by atoms with van der Waals surface area (Å²) in [6.07, 6.45) is -1.19. The minimum atomic E-state index is -1.28. The van der Waals surface area contributed by atoms with Crippen LogP contribution in [0.15, 0.2) is 24.3 Å². The fourth-order valence-corrected chi connectivity index (χ4v) is 2.54. The van der Waals surface area contributed by atoms with Crippen LogP contribution in [0.1, 0.15) is 22.8 Å². The first-order valence-electron chi connectivity index (χ1n) is 8.86. The Bertz CT molecular complexity index is 883. The maximum absolute atomic E-state index is 12.2. The molecule has 0 spiro atoms. The number of amides is 4. The summed E-state index contributed by atoms with van der Waals surface area (Å²) in [6.45, 7) is 2.49. The Morgan fingerprint density at radius 3 is 2.38 bits per heavy atom. The summed E-state index contributed by atoms with van der Waals surface area (Å²) in [4.78, 5) is 36.7. The third-order valence-electron chi connectivity index (χ3n) is 4.24. The van der Waals surface area contributed by atoms with Gasteiger partial charge in [0.1, 0.15) is 6.04 Å². The van der Waals surface area contributed by atoms with Gasteiger partial charge < -0.3 is 20.6 Å². The van der Waals surface area contributed by atoms with Crippen LogP contribution in [0.25, 0.3) is 0 Å². The topological polar surface area (TPSA) is 131 Å². The molecule has 0 unspecified atom stereocenters. The molecule has 2 rings (SSSR count). The molecule has 1 aliphatic rings. The number of hydrogen-bond donors (Lipinski definition) is 5. The van der Waals surface area contributed by atoms with E-state index in [1.807, 2.05) is 0 Å². The Kier molecular flexibility index (Phi) is 7.61. The van der Waals surface area contributed by atoms with Gasteiger partial charge >= 0.3 is 6.03 Å². The maximum atomic E-state index is 12.2. The molecule has 152 valence electrons. The van der Waals surface area contributed by atoms with Crippen molar-refractivity contribution in [2.45, 2.75) is 19.1 Å². The van der Waals surface area contributed by atoms with Crippen LogP contribution >= 0.6 is 0 Å². The van der Waals surface area contributed by atoms with Crippen LogP contribution in [0.3, 0.4) is 0 Å². The van der Waals surface area contributed by atoms with E-state index < -0.39 is 24.0 Å². The summed E-state index contributed by atoms with van der Waals surface area (Å²) < 4.78 is 0. The zero-order chi connectivity index (χ0) is 21.4. The lowest BCUT2D eigenvalue weighted by Crippen LogP contribution is -2.52. The van der Waals surface area contributed by atoms with Gasteiger partial charge in [0.2, 0.25) is 0 Å². The van der Waals surface area contributed by atoms with Crippen LogP contribution in [0.5, 0.6) is 0 Å². The first-order valence-corrected chi connectivity index (χ1v) is 8.86. The van der Waals surface area contributed by atoms with Crippen molar-refractivity contribution in [2.24, 2.45) is 5.92 Å². The molecule has 1 aliphatic heterocycles. The average molecular weight is 398 g/mol. The Morgan fingerprint density at radius 2 is 1.83 bits per heavy atom. The smallest absolute Gasteiger partial charge is 0.317 e. The first-order chi connectivity index (χ1) is 13.8. The highest BCUT2D eigenvalue weighted by atomic mass is 16.5. The number of hydrogen-bond acceptors (Lipinski definition) is 5. The Morgan fingerprint density at radius 1 is 1.17 bits per heavy atom. The van der Waals surface area contributed by atoms with E-state index in [9.17, 15) is 19.5 Å². The van der Waals surface area contributed by atoms with Crippen molar-refractivity contribution in [3.8, 4) is 23.7 Å². The Hall–Kier alpha value is -3.53. The van der Waals surface area contributed by atoms with Crippen molar-refractivity contribution in [1.82, 2.24) is 21.0 Å². The van der Waals surface area contributed by atoms with Crippen LogP contribution < -0.4 is 16.1 Å². The highest BCUT2D eigenvalue weighted by molar-refractivity contribution is 5.97. The van der Waals surface area contributed by atoms with Gasteiger partial charge in [0.25, 0.3) is 11.8 Å². The van der Waals surface area contributed by atoms with Gasteiger partial charge in [-0.25, -0.2) is 10.3 Å². The van der Waals surface area contributed by atoms with Crippen molar-refractivity contribution >= 4 is 17.8 Å². The quantitative estimate of drug-likeness (QED) is 0.260. The van der Waals surface area contributed by atoms with E-state index >= 15 is 0 Å².